The summed E-state index contributed by atoms with van der Waals surface area (Å²) in [6.45, 7) is 0. The van der Waals surface area contributed by atoms with E-state index in [4.69, 9.17) is 0 Å². The van der Waals surface area contributed by atoms with Crippen LogP contribution in [0.3, 0.4) is 0 Å². The number of anilines is 1. The van der Waals surface area contributed by atoms with Crippen molar-refractivity contribution < 1.29 is 0 Å². The normalized spacial score (nSPS) is 10.4. The number of hydrogen-bond donors (Lipinski definition) is 1. The molecule has 0 saturated heterocycles. The molecule has 21 heavy (non-hydrogen) atoms. The summed E-state index contributed by atoms with van der Waals surface area (Å²) in [6.07, 6.45) is 7.41. The van der Waals surface area contributed by atoms with Crippen molar-refractivity contribution >= 4 is 32.7 Å². The molecule has 0 unspecified atom stereocenters. The molecule has 0 aliphatic rings. The van der Waals surface area contributed by atoms with E-state index in [-0.39, 0.29) is 0 Å². The Morgan fingerprint density at radius 2 is 1.52 bits per heavy atom. The summed E-state index contributed by atoms with van der Waals surface area (Å²) in [6, 6.07) is 12.0. The number of halogens is 1. The average molecular weight is 344 g/mol. The highest BCUT2D eigenvalue weighted by Crippen LogP contribution is 2.11. The Labute approximate surface area is 130 Å². The minimum Gasteiger partial charge on any atom is -0.388 e. The zero-order valence-corrected chi connectivity index (χ0v) is 13.0. The molecular weight excluding hydrogens is 330 g/mol. The molecule has 0 amide bonds. The van der Waals surface area contributed by atoms with Crippen molar-refractivity contribution in [2.24, 2.45) is 0 Å². The maximum Gasteiger partial charge on any atom is 0.0682 e. The molecule has 0 radical (unpaired) electrons. The first-order valence-corrected chi connectivity index (χ1v) is 7.25. The minimum absolute atomic E-state index is 1.08. The maximum atomic E-state index is 4.08. The monoisotopic (exact) mass is 343 g/mol. The van der Waals surface area contributed by atoms with Crippen molar-refractivity contribution in [3.8, 4) is 0 Å². The zero-order chi connectivity index (χ0) is 14.7. The third-order valence-electron chi connectivity index (χ3n) is 3.05. The van der Waals surface area contributed by atoms with Gasteiger partial charge in [0.15, 0.2) is 0 Å². The number of pyridine rings is 2. The fourth-order valence-electron chi connectivity index (χ4n) is 1.97. The standard InChI is InChI=1S/C8H9N3.C7H5BrN2/c1-9-7-3-5-11-8(6-7)2-4-10-11;8-6-2-4-10-7(5-6)1-3-9-10/h2-6,9H,1H3;1-5H. The predicted octanol–water partition coefficient (Wildman–Crippen LogP) is 3.47. The molecule has 0 aliphatic heterocycles. The largest absolute Gasteiger partial charge is 0.388 e. The molecule has 6 heteroatoms. The molecule has 4 aromatic rings. The second-order valence-corrected chi connectivity index (χ2v) is 5.33. The fraction of sp³-hybridized carbons (Fsp3) is 0.0667. The molecular formula is C15H14BrN5. The van der Waals surface area contributed by atoms with Gasteiger partial charge in [-0.1, -0.05) is 15.9 Å². The van der Waals surface area contributed by atoms with Gasteiger partial charge in [0.05, 0.1) is 11.0 Å². The number of rotatable bonds is 1. The number of nitrogens with zero attached hydrogens (tertiary/aromatic N) is 4. The molecule has 0 aliphatic carbocycles. The second kappa shape index (κ2) is 5.97. The molecule has 0 spiro atoms. The van der Waals surface area contributed by atoms with Crippen molar-refractivity contribution in [3.05, 3.63) is 65.7 Å². The van der Waals surface area contributed by atoms with Gasteiger partial charge in [0.2, 0.25) is 0 Å². The van der Waals surface area contributed by atoms with Crippen LogP contribution in [0.15, 0.2) is 65.7 Å². The smallest absolute Gasteiger partial charge is 0.0682 e. The molecule has 1 N–H and O–H groups in total. The van der Waals surface area contributed by atoms with Gasteiger partial charge >= 0.3 is 0 Å². The van der Waals surface area contributed by atoms with Crippen LogP contribution in [-0.2, 0) is 0 Å². The highest BCUT2D eigenvalue weighted by molar-refractivity contribution is 9.10. The molecule has 4 aromatic heterocycles. The van der Waals surface area contributed by atoms with Gasteiger partial charge < -0.3 is 5.32 Å². The highest BCUT2D eigenvalue weighted by Gasteiger charge is 1.93. The molecule has 0 saturated carbocycles. The Balaban J connectivity index is 0.000000126. The van der Waals surface area contributed by atoms with Crippen LogP contribution >= 0.6 is 15.9 Å². The zero-order valence-electron chi connectivity index (χ0n) is 11.4. The summed E-state index contributed by atoms with van der Waals surface area (Å²) < 4.78 is 4.74. The van der Waals surface area contributed by atoms with E-state index < -0.39 is 0 Å². The first kappa shape index (κ1) is 13.6. The van der Waals surface area contributed by atoms with Crippen LogP contribution in [0, 0.1) is 0 Å². The Morgan fingerprint density at radius 3 is 2.19 bits per heavy atom. The van der Waals surface area contributed by atoms with Crippen LogP contribution < -0.4 is 5.32 Å². The van der Waals surface area contributed by atoms with Crippen molar-refractivity contribution in [1.29, 1.82) is 0 Å². The number of aromatic nitrogens is 4. The van der Waals surface area contributed by atoms with E-state index in [1.165, 1.54) is 0 Å². The highest BCUT2D eigenvalue weighted by atomic mass is 79.9. The predicted molar refractivity (Wildman–Crippen MR) is 87.6 cm³/mol. The van der Waals surface area contributed by atoms with Crippen molar-refractivity contribution in [3.63, 3.8) is 0 Å². The number of fused-ring (bicyclic) bond motifs is 2. The van der Waals surface area contributed by atoms with E-state index in [2.05, 4.69) is 31.4 Å². The van der Waals surface area contributed by atoms with Gasteiger partial charge in [-0.25, -0.2) is 9.03 Å². The van der Waals surface area contributed by atoms with E-state index in [1.807, 2.05) is 64.9 Å². The van der Waals surface area contributed by atoms with Crippen LogP contribution in [0.1, 0.15) is 0 Å². The Hall–Kier alpha value is -2.34. The van der Waals surface area contributed by atoms with E-state index in [9.17, 15) is 0 Å². The Morgan fingerprint density at radius 1 is 0.905 bits per heavy atom. The van der Waals surface area contributed by atoms with Crippen molar-refractivity contribution in [2.75, 3.05) is 12.4 Å². The lowest BCUT2D eigenvalue weighted by Crippen LogP contribution is -1.90. The lowest BCUT2D eigenvalue weighted by molar-refractivity contribution is 0.959. The lowest BCUT2D eigenvalue weighted by atomic mass is 10.3. The van der Waals surface area contributed by atoms with Gasteiger partial charge in [0, 0.05) is 42.0 Å². The van der Waals surface area contributed by atoms with Crippen LogP contribution in [0.2, 0.25) is 0 Å². The van der Waals surface area contributed by atoms with E-state index in [1.54, 1.807) is 12.4 Å². The SMILES string of the molecule is Brc1ccn2nccc2c1.CNc1ccn2nccc2c1. The van der Waals surface area contributed by atoms with Crippen LogP contribution in [-0.4, -0.2) is 26.3 Å². The van der Waals surface area contributed by atoms with Crippen LogP contribution in [0.4, 0.5) is 5.69 Å². The van der Waals surface area contributed by atoms with Crippen LogP contribution in [0.5, 0.6) is 0 Å². The van der Waals surface area contributed by atoms with Gasteiger partial charge in [0.25, 0.3) is 0 Å². The molecule has 0 bridgehead atoms. The minimum atomic E-state index is 1.08. The molecule has 4 rings (SSSR count). The van der Waals surface area contributed by atoms with Crippen molar-refractivity contribution in [2.45, 2.75) is 0 Å². The Bertz CT molecular complexity index is 864. The van der Waals surface area contributed by atoms with Crippen LogP contribution in [0.25, 0.3) is 11.0 Å². The second-order valence-electron chi connectivity index (χ2n) is 4.41. The first-order valence-electron chi connectivity index (χ1n) is 6.46. The van der Waals surface area contributed by atoms with Crippen molar-refractivity contribution in [1.82, 2.24) is 19.2 Å². The quantitative estimate of drug-likeness (QED) is 0.575. The van der Waals surface area contributed by atoms with E-state index >= 15 is 0 Å². The van der Waals surface area contributed by atoms with E-state index in [0.717, 1.165) is 21.2 Å². The first-order chi connectivity index (χ1) is 10.3. The number of hydrogen-bond acceptors (Lipinski definition) is 3. The van der Waals surface area contributed by atoms with E-state index in [0.29, 0.717) is 0 Å². The molecule has 0 atom stereocenters. The summed E-state index contributed by atoms with van der Waals surface area (Å²) in [5.74, 6) is 0. The molecule has 5 nitrogen and oxygen atoms in total. The van der Waals surface area contributed by atoms with Gasteiger partial charge in [0.1, 0.15) is 0 Å². The average Bonchev–Trinajstić information content (AvgIpc) is 3.15. The summed E-state index contributed by atoms with van der Waals surface area (Å²) >= 11 is 3.38. The van der Waals surface area contributed by atoms with Gasteiger partial charge in [-0.15, -0.1) is 0 Å². The summed E-state index contributed by atoms with van der Waals surface area (Å²) in [7, 11) is 1.90. The summed E-state index contributed by atoms with van der Waals surface area (Å²) in [5.41, 5.74) is 3.32. The Kier molecular flexibility index (Phi) is 3.87. The molecule has 0 aromatic carbocycles. The third-order valence-corrected chi connectivity index (χ3v) is 3.54. The fourth-order valence-corrected chi connectivity index (χ4v) is 2.32. The third kappa shape index (κ3) is 3.05. The number of nitrogens with one attached hydrogen (secondary N) is 1. The van der Waals surface area contributed by atoms with Gasteiger partial charge in [-0.05, 0) is 36.4 Å². The van der Waals surface area contributed by atoms with Gasteiger partial charge in [-0.3, -0.25) is 0 Å². The summed E-state index contributed by atoms with van der Waals surface area (Å²) in [4.78, 5) is 0. The van der Waals surface area contributed by atoms with Gasteiger partial charge in [-0.2, -0.15) is 10.2 Å². The molecule has 4 heterocycles. The summed E-state index contributed by atoms with van der Waals surface area (Å²) in [5, 5.41) is 11.2. The topological polar surface area (TPSA) is 46.6 Å². The lowest BCUT2D eigenvalue weighted by Gasteiger charge is -1.98. The maximum absolute atomic E-state index is 4.08. The molecule has 106 valence electrons. The molecule has 0 fully saturated rings.